The highest BCUT2D eigenvalue weighted by Gasteiger charge is 2.26. The lowest BCUT2D eigenvalue weighted by atomic mass is 9.84. The molecular formula is C17H18F2N2. The second-order valence-electron chi connectivity index (χ2n) is 5.35. The molecule has 1 heterocycles. The van der Waals surface area contributed by atoms with Crippen LogP contribution >= 0.6 is 0 Å². The summed E-state index contributed by atoms with van der Waals surface area (Å²) in [5, 5.41) is 6.86. The lowest BCUT2D eigenvalue weighted by Gasteiger charge is -2.32. The van der Waals surface area contributed by atoms with E-state index in [-0.39, 0.29) is 23.6 Å². The van der Waals surface area contributed by atoms with E-state index in [1.54, 1.807) is 24.3 Å². The summed E-state index contributed by atoms with van der Waals surface area (Å²) < 4.78 is 26.3. The quantitative estimate of drug-likeness (QED) is 0.907. The predicted octanol–water partition coefficient (Wildman–Crippen LogP) is 2.66. The van der Waals surface area contributed by atoms with Gasteiger partial charge in [-0.2, -0.15) is 0 Å². The Morgan fingerprint density at radius 1 is 0.810 bits per heavy atom. The molecular weight excluding hydrogens is 270 g/mol. The molecule has 3 rings (SSSR count). The molecule has 21 heavy (non-hydrogen) atoms. The highest BCUT2D eigenvalue weighted by molar-refractivity contribution is 5.35. The first kappa shape index (κ1) is 14.2. The maximum Gasteiger partial charge on any atom is 0.123 e. The molecule has 0 aromatic heterocycles. The normalized spacial score (nSPS) is 18.9. The molecule has 4 heteroatoms. The van der Waals surface area contributed by atoms with Gasteiger partial charge in [0.05, 0.1) is 0 Å². The first-order chi connectivity index (χ1) is 10.2. The van der Waals surface area contributed by atoms with Gasteiger partial charge in [-0.05, 0) is 35.4 Å². The lowest BCUT2D eigenvalue weighted by molar-refractivity contribution is 0.389. The molecule has 1 aliphatic rings. The molecule has 0 saturated carbocycles. The Hall–Kier alpha value is -1.78. The average molecular weight is 288 g/mol. The second-order valence-corrected chi connectivity index (χ2v) is 5.35. The van der Waals surface area contributed by atoms with Crippen molar-refractivity contribution in [2.45, 2.75) is 12.0 Å². The molecule has 1 fully saturated rings. The van der Waals surface area contributed by atoms with Gasteiger partial charge in [0.1, 0.15) is 11.6 Å². The highest BCUT2D eigenvalue weighted by atomic mass is 19.1. The van der Waals surface area contributed by atoms with Gasteiger partial charge in [0.15, 0.2) is 0 Å². The summed E-state index contributed by atoms with van der Waals surface area (Å²) in [7, 11) is 0. The number of nitrogens with one attached hydrogen (secondary N) is 2. The number of halogens is 2. The van der Waals surface area contributed by atoms with Crippen LogP contribution in [0.4, 0.5) is 8.78 Å². The van der Waals surface area contributed by atoms with E-state index >= 15 is 0 Å². The monoisotopic (exact) mass is 288 g/mol. The Bertz CT molecular complexity index is 529. The molecule has 0 radical (unpaired) electrons. The average Bonchev–Trinajstić information content (AvgIpc) is 2.52. The SMILES string of the molecule is Fc1ccc(C(c2ccc(F)cc2)C2CNCCN2)cc1. The van der Waals surface area contributed by atoms with Gasteiger partial charge >= 0.3 is 0 Å². The third kappa shape index (κ3) is 3.28. The van der Waals surface area contributed by atoms with Crippen LogP contribution in [0.3, 0.4) is 0 Å². The predicted molar refractivity (Wildman–Crippen MR) is 79.3 cm³/mol. The van der Waals surface area contributed by atoms with Crippen molar-refractivity contribution in [1.29, 1.82) is 0 Å². The number of piperazine rings is 1. The summed E-state index contributed by atoms with van der Waals surface area (Å²) in [6.45, 7) is 2.67. The van der Waals surface area contributed by atoms with E-state index in [1.165, 1.54) is 24.3 Å². The van der Waals surface area contributed by atoms with Crippen molar-refractivity contribution in [2.75, 3.05) is 19.6 Å². The molecule has 0 amide bonds. The van der Waals surface area contributed by atoms with Crippen molar-refractivity contribution in [1.82, 2.24) is 10.6 Å². The summed E-state index contributed by atoms with van der Waals surface area (Å²) in [5.74, 6) is -0.420. The van der Waals surface area contributed by atoms with Gasteiger partial charge in [0.2, 0.25) is 0 Å². The van der Waals surface area contributed by atoms with Crippen LogP contribution in [0.2, 0.25) is 0 Å². The van der Waals surface area contributed by atoms with E-state index in [2.05, 4.69) is 10.6 Å². The van der Waals surface area contributed by atoms with Crippen molar-refractivity contribution in [3.05, 3.63) is 71.3 Å². The second kappa shape index (κ2) is 6.33. The van der Waals surface area contributed by atoms with Crippen LogP contribution in [0, 0.1) is 11.6 Å². The Morgan fingerprint density at radius 2 is 1.33 bits per heavy atom. The molecule has 2 aromatic carbocycles. The Labute approximate surface area is 123 Å². The number of hydrogen-bond acceptors (Lipinski definition) is 2. The van der Waals surface area contributed by atoms with Gasteiger partial charge in [0.25, 0.3) is 0 Å². The third-order valence-corrected chi connectivity index (χ3v) is 3.93. The first-order valence-corrected chi connectivity index (χ1v) is 7.19. The summed E-state index contributed by atoms with van der Waals surface area (Å²) in [6, 6.07) is 13.3. The van der Waals surface area contributed by atoms with E-state index in [9.17, 15) is 8.78 Å². The zero-order chi connectivity index (χ0) is 14.7. The highest BCUT2D eigenvalue weighted by Crippen LogP contribution is 2.29. The zero-order valence-corrected chi connectivity index (χ0v) is 11.7. The smallest absolute Gasteiger partial charge is 0.123 e. The standard InChI is InChI=1S/C17H18F2N2/c18-14-5-1-12(2-6-14)17(16-11-20-9-10-21-16)13-3-7-15(19)8-4-13/h1-8,16-17,20-21H,9-11H2. The summed E-state index contributed by atoms with van der Waals surface area (Å²) >= 11 is 0. The molecule has 1 atom stereocenters. The topological polar surface area (TPSA) is 24.1 Å². The van der Waals surface area contributed by atoms with Crippen molar-refractivity contribution in [3.63, 3.8) is 0 Å². The molecule has 1 saturated heterocycles. The minimum absolute atomic E-state index is 0.0685. The molecule has 2 aromatic rings. The molecule has 1 unspecified atom stereocenters. The van der Waals surface area contributed by atoms with Crippen LogP contribution in [0.5, 0.6) is 0 Å². The Balaban J connectivity index is 1.97. The number of benzene rings is 2. The number of rotatable bonds is 3. The largest absolute Gasteiger partial charge is 0.314 e. The minimum Gasteiger partial charge on any atom is -0.314 e. The molecule has 0 spiro atoms. The van der Waals surface area contributed by atoms with Crippen LogP contribution in [0.15, 0.2) is 48.5 Å². The van der Waals surface area contributed by atoms with Crippen LogP contribution in [0.1, 0.15) is 17.0 Å². The maximum atomic E-state index is 13.2. The van der Waals surface area contributed by atoms with E-state index < -0.39 is 0 Å². The summed E-state index contributed by atoms with van der Waals surface area (Å²) in [6.07, 6.45) is 0. The lowest BCUT2D eigenvalue weighted by Crippen LogP contribution is -2.51. The first-order valence-electron chi connectivity index (χ1n) is 7.19. The van der Waals surface area contributed by atoms with Crippen LogP contribution < -0.4 is 10.6 Å². The van der Waals surface area contributed by atoms with Gasteiger partial charge in [-0.15, -0.1) is 0 Å². The van der Waals surface area contributed by atoms with Gasteiger partial charge in [-0.1, -0.05) is 24.3 Å². The molecule has 1 aliphatic heterocycles. The Morgan fingerprint density at radius 3 is 1.76 bits per heavy atom. The molecule has 0 bridgehead atoms. The fourth-order valence-electron chi connectivity index (χ4n) is 2.91. The van der Waals surface area contributed by atoms with Gasteiger partial charge in [-0.25, -0.2) is 8.78 Å². The van der Waals surface area contributed by atoms with E-state index in [0.29, 0.717) is 0 Å². The molecule has 2 N–H and O–H groups in total. The minimum atomic E-state index is -0.244. The zero-order valence-electron chi connectivity index (χ0n) is 11.7. The van der Waals surface area contributed by atoms with Crippen molar-refractivity contribution in [2.24, 2.45) is 0 Å². The van der Waals surface area contributed by atoms with Gasteiger partial charge in [0, 0.05) is 31.6 Å². The molecule has 0 aliphatic carbocycles. The van der Waals surface area contributed by atoms with E-state index in [4.69, 9.17) is 0 Å². The van der Waals surface area contributed by atoms with Crippen molar-refractivity contribution in [3.8, 4) is 0 Å². The number of hydrogen-bond donors (Lipinski definition) is 2. The van der Waals surface area contributed by atoms with Crippen LogP contribution in [-0.4, -0.2) is 25.7 Å². The van der Waals surface area contributed by atoms with Crippen molar-refractivity contribution >= 4 is 0 Å². The summed E-state index contributed by atoms with van der Waals surface area (Å²) in [5.41, 5.74) is 2.06. The third-order valence-electron chi connectivity index (χ3n) is 3.93. The Kier molecular flexibility index (Phi) is 4.27. The van der Waals surface area contributed by atoms with Crippen molar-refractivity contribution < 1.29 is 8.78 Å². The van der Waals surface area contributed by atoms with Gasteiger partial charge in [-0.3, -0.25) is 0 Å². The van der Waals surface area contributed by atoms with Crippen LogP contribution in [-0.2, 0) is 0 Å². The maximum absolute atomic E-state index is 13.2. The summed E-state index contributed by atoms with van der Waals surface area (Å²) in [4.78, 5) is 0. The van der Waals surface area contributed by atoms with Gasteiger partial charge < -0.3 is 10.6 Å². The fourth-order valence-corrected chi connectivity index (χ4v) is 2.91. The molecule has 2 nitrogen and oxygen atoms in total. The fraction of sp³-hybridized carbons (Fsp3) is 0.294. The van der Waals surface area contributed by atoms with E-state index in [1.807, 2.05) is 0 Å². The van der Waals surface area contributed by atoms with Crippen LogP contribution in [0.25, 0.3) is 0 Å². The molecule has 110 valence electrons. The van der Waals surface area contributed by atoms with E-state index in [0.717, 1.165) is 30.8 Å².